The minimum atomic E-state index is -3.47. The summed E-state index contributed by atoms with van der Waals surface area (Å²) >= 11 is 1.50. The average Bonchev–Trinajstić information content (AvgIpc) is 2.96. The third-order valence-corrected chi connectivity index (χ3v) is 7.84. The van der Waals surface area contributed by atoms with Crippen molar-refractivity contribution < 1.29 is 13.2 Å². The fourth-order valence-corrected chi connectivity index (χ4v) is 5.97. The summed E-state index contributed by atoms with van der Waals surface area (Å²) in [6, 6.07) is 1.72. The Bertz CT molecular complexity index is 762. The van der Waals surface area contributed by atoms with Gasteiger partial charge in [0.25, 0.3) is 0 Å². The van der Waals surface area contributed by atoms with Crippen LogP contribution < -0.4 is 15.4 Å². The molecule has 168 valence electrons. The van der Waals surface area contributed by atoms with E-state index < -0.39 is 10.0 Å². The lowest BCUT2D eigenvalue weighted by atomic mass is 9.67. The lowest BCUT2D eigenvalue weighted by Crippen LogP contribution is -2.43. The monoisotopic (exact) mass is 558 g/mol. The van der Waals surface area contributed by atoms with E-state index in [1.54, 1.807) is 13.2 Å². The second kappa shape index (κ2) is 12.4. The molecule has 2 rings (SSSR count). The smallest absolute Gasteiger partial charge is 0.241 e. The Kier molecular flexibility index (Phi) is 11.4. The molecule has 0 saturated heterocycles. The van der Waals surface area contributed by atoms with Crippen molar-refractivity contribution in [3.63, 3.8) is 0 Å². The Morgan fingerprint density at radius 1 is 1.28 bits per heavy atom. The summed E-state index contributed by atoms with van der Waals surface area (Å²) in [5.74, 6) is 0.730. The molecule has 7 nitrogen and oxygen atoms in total. The van der Waals surface area contributed by atoms with Crippen molar-refractivity contribution in [2.45, 2.75) is 51.3 Å². The minimum Gasteiger partial charge on any atom is -0.385 e. The molecule has 0 radical (unpaired) electrons. The van der Waals surface area contributed by atoms with Gasteiger partial charge < -0.3 is 15.4 Å². The van der Waals surface area contributed by atoms with Crippen LogP contribution >= 0.6 is 35.3 Å². The van der Waals surface area contributed by atoms with Crippen LogP contribution in [0, 0.1) is 19.3 Å². The van der Waals surface area contributed by atoms with E-state index in [-0.39, 0.29) is 29.4 Å². The summed E-state index contributed by atoms with van der Waals surface area (Å²) < 4.78 is 32.8. The summed E-state index contributed by atoms with van der Waals surface area (Å²) in [6.45, 7) is 8.84. The molecule has 0 amide bonds. The molecule has 0 bridgehead atoms. The van der Waals surface area contributed by atoms with Gasteiger partial charge in [-0.05, 0) is 51.5 Å². The van der Waals surface area contributed by atoms with Gasteiger partial charge in [-0.15, -0.1) is 35.3 Å². The quantitative estimate of drug-likeness (QED) is 0.168. The predicted molar refractivity (Wildman–Crippen MR) is 131 cm³/mol. The molecule has 1 aliphatic rings. The normalized spacial score (nSPS) is 16.1. The van der Waals surface area contributed by atoms with Gasteiger partial charge in [0.15, 0.2) is 5.96 Å². The number of ether oxygens (including phenoxy) is 1. The number of nitrogens with zero attached hydrogens (tertiary/aromatic N) is 1. The number of nitrogens with one attached hydrogen (secondary N) is 3. The second-order valence-corrected chi connectivity index (χ2v) is 10.6. The van der Waals surface area contributed by atoms with Crippen LogP contribution in [0.2, 0.25) is 0 Å². The Hall–Kier alpha value is -0.430. The highest BCUT2D eigenvalue weighted by atomic mass is 127. The van der Waals surface area contributed by atoms with Gasteiger partial charge in [-0.25, -0.2) is 13.1 Å². The van der Waals surface area contributed by atoms with Crippen LogP contribution in [0.5, 0.6) is 0 Å². The van der Waals surface area contributed by atoms with Crippen LogP contribution in [0.25, 0.3) is 0 Å². The fourth-order valence-electron chi connectivity index (χ4n) is 3.39. The highest BCUT2D eigenvalue weighted by Gasteiger charge is 2.36. The van der Waals surface area contributed by atoms with Gasteiger partial charge in [0.2, 0.25) is 10.0 Å². The molecule has 1 aromatic rings. The van der Waals surface area contributed by atoms with E-state index in [9.17, 15) is 8.42 Å². The van der Waals surface area contributed by atoms with Gasteiger partial charge in [0, 0.05) is 49.6 Å². The molecule has 1 aliphatic carbocycles. The Labute approximate surface area is 196 Å². The standard InChI is InChI=1S/C19H34N4O3S2.HI/c1-5-20-18(22-14-19(7-6-8-19)9-12-26-4)21-10-11-23-28(24,25)17-13-15(2)27-16(17)3;/h13,23H,5-12,14H2,1-4H3,(H2,20,21,22);1H. The maximum Gasteiger partial charge on any atom is 0.241 e. The molecule has 3 N–H and O–H groups in total. The number of halogens is 1. The summed E-state index contributed by atoms with van der Waals surface area (Å²) in [6.07, 6.45) is 4.68. The molecule has 1 saturated carbocycles. The lowest BCUT2D eigenvalue weighted by Gasteiger charge is -2.40. The zero-order valence-corrected chi connectivity index (χ0v) is 21.8. The largest absolute Gasteiger partial charge is 0.385 e. The molecular weight excluding hydrogens is 523 g/mol. The minimum absolute atomic E-state index is 0. The number of thiophene rings is 1. The van der Waals surface area contributed by atoms with E-state index in [0.29, 0.717) is 18.0 Å². The molecule has 29 heavy (non-hydrogen) atoms. The summed E-state index contributed by atoms with van der Waals surface area (Å²) in [5, 5.41) is 6.46. The maximum absolute atomic E-state index is 12.5. The highest BCUT2D eigenvalue weighted by molar-refractivity contribution is 14.0. The zero-order valence-electron chi connectivity index (χ0n) is 17.8. The SMILES string of the molecule is CCNC(=NCC1(CCOC)CCC1)NCCNS(=O)(=O)c1cc(C)sc1C.I. The molecule has 10 heteroatoms. The average molecular weight is 559 g/mol. The summed E-state index contributed by atoms with van der Waals surface area (Å²) in [4.78, 5) is 6.92. The first-order chi connectivity index (χ1) is 13.3. The van der Waals surface area contributed by atoms with Crippen LogP contribution in [0.15, 0.2) is 16.0 Å². The summed E-state index contributed by atoms with van der Waals surface area (Å²) in [5.41, 5.74) is 0.258. The van der Waals surface area contributed by atoms with E-state index in [4.69, 9.17) is 9.73 Å². The van der Waals surface area contributed by atoms with E-state index in [2.05, 4.69) is 15.4 Å². The molecule has 0 spiro atoms. The zero-order chi connectivity index (χ0) is 20.6. The van der Waals surface area contributed by atoms with E-state index in [0.717, 1.165) is 41.8 Å². The van der Waals surface area contributed by atoms with E-state index in [1.165, 1.54) is 30.6 Å². The van der Waals surface area contributed by atoms with E-state index in [1.807, 2.05) is 20.8 Å². The molecule has 1 aromatic heterocycles. The number of aryl methyl sites for hydroxylation is 2. The van der Waals surface area contributed by atoms with Crippen molar-refractivity contribution in [1.29, 1.82) is 0 Å². The fraction of sp³-hybridized carbons (Fsp3) is 0.737. The first kappa shape index (κ1) is 26.6. The lowest BCUT2D eigenvalue weighted by molar-refractivity contribution is 0.0778. The van der Waals surface area contributed by atoms with Gasteiger partial charge >= 0.3 is 0 Å². The van der Waals surface area contributed by atoms with E-state index >= 15 is 0 Å². The molecular formula is C19H35IN4O3S2. The number of aliphatic imine (C=N–C) groups is 1. The van der Waals surface area contributed by atoms with Crippen LogP contribution in [0.3, 0.4) is 0 Å². The molecule has 0 unspecified atom stereocenters. The number of rotatable bonds is 11. The van der Waals surface area contributed by atoms with Crippen molar-refractivity contribution in [3.05, 3.63) is 15.8 Å². The second-order valence-electron chi connectivity index (χ2n) is 7.39. The van der Waals surface area contributed by atoms with Crippen molar-refractivity contribution in [1.82, 2.24) is 15.4 Å². The van der Waals surface area contributed by atoms with Crippen molar-refractivity contribution in [2.75, 3.05) is 39.9 Å². The molecule has 1 fully saturated rings. The van der Waals surface area contributed by atoms with Crippen LogP contribution in [0.4, 0.5) is 0 Å². The van der Waals surface area contributed by atoms with Crippen LogP contribution in [0.1, 0.15) is 42.4 Å². The Morgan fingerprint density at radius 3 is 2.52 bits per heavy atom. The van der Waals surface area contributed by atoms with Gasteiger partial charge in [-0.3, -0.25) is 4.99 Å². The first-order valence-electron chi connectivity index (χ1n) is 9.90. The van der Waals surface area contributed by atoms with Crippen LogP contribution in [-0.2, 0) is 14.8 Å². The van der Waals surface area contributed by atoms with Crippen LogP contribution in [-0.4, -0.2) is 54.3 Å². The molecule has 0 aliphatic heterocycles. The number of hydrogen-bond donors (Lipinski definition) is 3. The van der Waals surface area contributed by atoms with Crippen molar-refractivity contribution >= 4 is 51.3 Å². The predicted octanol–water partition coefficient (Wildman–Crippen LogP) is 3.02. The van der Waals surface area contributed by atoms with Gasteiger partial charge in [-0.1, -0.05) is 6.42 Å². The van der Waals surface area contributed by atoms with Gasteiger partial charge in [0.1, 0.15) is 0 Å². The number of sulfonamides is 1. The van der Waals surface area contributed by atoms with Crippen molar-refractivity contribution in [2.24, 2.45) is 10.4 Å². The number of hydrogen-bond acceptors (Lipinski definition) is 5. The molecule has 0 aromatic carbocycles. The maximum atomic E-state index is 12.5. The third-order valence-electron chi connectivity index (χ3n) is 5.16. The third kappa shape index (κ3) is 7.97. The number of guanidine groups is 1. The van der Waals surface area contributed by atoms with Crippen molar-refractivity contribution in [3.8, 4) is 0 Å². The molecule has 0 atom stereocenters. The van der Waals surface area contributed by atoms with Gasteiger partial charge in [0.05, 0.1) is 4.90 Å². The Balaban J connectivity index is 0.00000420. The molecule has 1 heterocycles. The topological polar surface area (TPSA) is 91.8 Å². The Morgan fingerprint density at radius 2 is 2.00 bits per heavy atom. The van der Waals surface area contributed by atoms with Gasteiger partial charge in [-0.2, -0.15) is 0 Å². The first-order valence-corrected chi connectivity index (χ1v) is 12.2. The summed E-state index contributed by atoms with van der Waals surface area (Å²) in [7, 11) is -1.74. The number of methoxy groups -OCH3 is 1. The highest BCUT2D eigenvalue weighted by Crippen LogP contribution is 2.44.